The van der Waals surface area contributed by atoms with Crippen LogP contribution in [0.3, 0.4) is 0 Å². The first-order valence-electron chi connectivity index (χ1n) is 5.55. The van der Waals surface area contributed by atoms with Gasteiger partial charge in [0.25, 0.3) is 0 Å². The maximum absolute atomic E-state index is 12.9. The quantitative estimate of drug-likeness (QED) is 0.729. The van der Waals surface area contributed by atoms with Gasteiger partial charge in [0.2, 0.25) is 0 Å². The zero-order chi connectivity index (χ0) is 11.6. The van der Waals surface area contributed by atoms with Gasteiger partial charge in [0.15, 0.2) is 0 Å². The lowest BCUT2D eigenvalue weighted by atomic mass is 10.0. The number of hydrogen-bond acceptors (Lipinski definition) is 3. The molecule has 0 spiro atoms. The predicted molar refractivity (Wildman–Crippen MR) is 61.7 cm³/mol. The van der Waals surface area contributed by atoms with Crippen molar-refractivity contribution in [2.24, 2.45) is 5.73 Å². The summed E-state index contributed by atoms with van der Waals surface area (Å²) in [5, 5.41) is 13.2. The van der Waals surface area contributed by atoms with Crippen LogP contribution in [0.25, 0.3) is 0 Å². The second-order valence-corrected chi connectivity index (χ2v) is 4.59. The van der Waals surface area contributed by atoms with E-state index in [1.165, 1.54) is 12.1 Å². The Morgan fingerprint density at radius 3 is 3.00 bits per heavy atom. The Hall–Kier alpha value is -1.13. The number of rotatable bonds is 3. The van der Waals surface area contributed by atoms with Crippen LogP contribution in [0.2, 0.25) is 0 Å². The average molecular weight is 224 g/mol. The summed E-state index contributed by atoms with van der Waals surface area (Å²) in [6.07, 6.45) is 2.16. The van der Waals surface area contributed by atoms with Crippen molar-refractivity contribution in [1.29, 1.82) is 0 Å². The maximum atomic E-state index is 12.9. The predicted octanol–water partition coefficient (Wildman–Crippen LogP) is 1.48. The topological polar surface area (TPSA) is 58.3 Å². The van der Waals surface area contributed by atoms with E-state index in [2.05, 4.69) is 5.32 Å². The third-order valence-corrected chi connectivity index (χ3v) is 3.07. The van der Waals surface area contributed by atoms with Gasteiger partial charge in [-0.3, -0.25) is 0 Å². The van der Waals surface area contributed by atoms with Crippen molar-refractivity contribution in [3.05, 3.63) is 30.1 Å². The van der Waals surface area contributed by atoms with Crippen LogP contribution in [0.4, 0.5) is 10.1 Å². The summed E-state index contributed by atoms with van der Waals surface area (Å²) >= 11 is 0. The molecule has 0 aliphatic heterocycles. The second-order valence-electron chi connectivity index (χ2n) is 4.59. The van der Waals surface area contributed by atoms with Crippen LogP contribution in [0.5, 0.6) is 0 Å². The minimum atomic E-state index is -0.744. The molecule has 16 heavy (non-hydrogen) atoms. The van der Waals surface area contributed by atoms with Crippen LogP contribution in [-0.2, 0) is 0 Å². The summed E-state index contributed by atoms with van der Waals surface area (Å²) in [4.78, 5) is 0. The van der Waals surface area contributed by atoms with Crippen molar-refractivity contribution >= 4 is 5.69 Å². The molecule has 2 atom stereocenters. The number of anilines is 1. The number of benzene rings is 1. The summed E-state index contributed by atoms with van der Waals surface area (Å²) in [6.45, 7) is 0.421. The lowest BCUT2D eigenvalue weighted by molar-refractivity contribution is 0.0601. The minimum Gasteiger partial charge on any atom is -0.388 e. The number of nitrogens with two attached hydrogens (primary N) is 1. The molecule has 0 amide bonds. The van der Waals surface area contributed by atoms with Crippen molar-refractivity contribution < 1.29 is 9.50 Å². The monoisotopic (exact) mass is 224 g/mol. The molecular formula is C12H17FN2O. The lowest BCUT2D eigenvalue weighted by Crippen LogP contribution is -2.35. The largest absolute Gasteiger partial charge is 0.388 e. The molecule has 1 fully saturated rings. The second kappa shape index (κ2) is 4.39. The Labute approximate surface area is 94.5 Å². The summed E-state index contributed by atoms with van der Waals surface area (Å²) in [7, 11) is 0. The third kappa shape index (κ3) is 2.71. The zero-order valence-corrected chi connectivity index (χ0v) is 9.12. The normalized spacial score (nSPS) is 29.3. The molecule has 1 aromatic carbocycles. The van der Waals surface area contributed by atoms with E-state index in [0.29, 0.717) is 25.1 Å². The van der Waals surface area contributed by atoms with Crippen molar-refractivity contribution in [3.8, 4) is 0 Å². The Bertz CT molecular complexity index is 372. The molecule has 4 heteroatoms. The van der Waals surface area contributed by atoms with E-state index < -0.39 is 5.60 Å². The molecule has 1 aliphatic carbocycles. The molecule has 1 saturated carbocycles. The molecule has 1 aromatic rings. The number of hydrogen-bond donors (Lipinski definition) is 3. The van der Waals surface area contributed by atoms with E-state index in [1.807, 2.05) is 0 Å². The van der Waals surface area contributed by atoms with Gasteiger partial charge in [-0.05, 0) is 37.5 Å². The molecule has 3 nitrogen and oxygen atoms in total. The summed E-state index contributed by atoms with van der Waals surface area (Å²) < 4.78 is 12.9. The summed E-state index contributed by atoms with van der Waals surface area (Å²) in [6, 6.07) is 6.31. The van der Waals surface area contributed by atoms with Crippen molar-refractivity contribution in [1.82, 2.24) is 0 Å². The highest BCUT2D eigenvalue weighted by atomic mass is 19.1. The summed E-state index contributed by atoms with van der Waals surface area (Å²) in [5.41, 5.74) is 5.70. The van der Waals surface area contributed by atoms with Crippen molar-refractivity contribution in [3.63, 3.8) is 0 Å². The molecule has 2 rings (SSSR count). The van der Waals surface area contributed by atoms with Gasteiger partial charge >= 0.3 is 0 Å². The Kier molecular flexibility index (Phi) is 3.12. The standard InChI is InChI=1S/C12H17FN2O/c13-9-2-1-3-11(6-9)15-8-12(16)5-4-10(14)7-12/h1-3,6,10,15-16H,4-5,7-8,14H2. The average Bonchev–Trinajstić information content (AvgIpc) is 2.57. The molecule has 1 aliphatic rings. The highest BCUT2D eigenvalue weighted by molar-refractivity contribution is 5.43. The van der Waals surface area contributed by atoms with Crippen LogP contribution in [-0.4, -0.2) is 23.3 Å². The van der Waals surface area contributed by atoms with Gasteiger partial charge < -0.3 is 16.2 Å². The van der Waals surface area contributed by atoms with E-state index in [1.54, 1.807) is 12.1 Å². The molecular weight excluding hydrogens is 207 g/mol. The van der Waals surface area contributed by atoms with E-state index in [9.17, 15) is 9.50 Å². The molecule has 0 heterocycles. The maximum Gasteiger partial charge on any atom is 0.125 e. The SMILES string of the molecule is NC1CCC(O)(CNc2cccc(F)c2)C1. The fourth-order valence-corrected chi connectivity index (χ4v) is 2.17. The van der Waals surface area contributed by atoms with Gasteiger partial charge in [0.1, 0.15) is 5.82 Å². The fraction of sp³-hybridized carbons (Fsp3) is 0.500. The van der Waals surface area contributed by atoms with Gasteiger partial charge in [0, 0.05) is 18.3 Å². The number of halogens is 1. The van der Waals surface area contributed by atoms with Gasteiger partial charge in [-0.25, -0.2) is 4.39 Å². The fourth-order valence-electron chi connectivity index (χ4n) is 2.17. The summed E-state index contributed by atoms with van der Waals surface area (Å²) in [5.74, 6) is -0.278. The van der Waals surface area contributed by atoms with Crippen molar-refractivity contribution in [2.45, 2.75) is 30.9 Å². The highest BCUT2D eigenvalue weighted by Crippen LogP contribution is 2.29. The molecule has 4 N–H and O–H groups in total. The minimum absolute atomic E-state index is 0.0827. The lowest BCUT2D eigenvalue weighted by Gasteiger charge is -2.23. The third-order valence-electron chi connectivity index (χ3n) is 3.07. The zero-order valence-electron chi connectivity index (χ0n) is 9.12. The van der Waals surface area contributed by atoms with Gasteiger partial charge in [-0.2, -0.15) is 0 Å². The van der Waals surface area contributed by atoms with Crippen LogP contribution >= 0.6 is 0 Å². The van der Waals surface area contributed by atoms with Crippen LogP contribution < -0.4 is 11.1 Å². The van der Waals surface area contributed by atoms with Gasteiger partial charge in [0.05, 0.1) is 5.60 Å². The molecule has 0 radical (unpaired) electrons. The Morgan fingerprint density at radius 1 is 1.56 bits per heavy atom. The number of aliphatic hydroxyl groups is 1. The number of nitrogens with one attached hydrogen (secondary N) is 1. The van der Waals surface area contributed by atoms with E-state index in [4.69, 9.17) is 5.73 Å². The van der Waals surface area contributed by atoms with Crippen LogP contribution in [0.1, 0.15) is 19.3 Å². The van der Waals surface area contributed by atoms with Gasteiger partial charge in [-0.15, -0.1) is 0 Å². The molecule has 2 unspecified atom stereocenters. The first-order valence-corrected chi connectivity index (χ1v) is 5.55. The van der Waals surface area contributed by atoms with E-state index >= 15 is 0 Å². The van der Waals surface area contributed by atoms with Crippen molar-refractivity contribution in [2.75, 3.05) is 11.9 Å². The van der Waals surface area contributed by atoms with E-state index in [0.717, 1.165) is 6.42 Å². The van der Waals surface area contributed by atoms with E-state index in [-0.39, 0.29) is 11.9 Å². The highest BCUT2D eigenvalue weighted by Gasteiger charge is 2.35. The van der Waals surface area contributed by atoms with Crippen LogP contribution in [0.15, 0.2) is 24.3 Å². The molecule has 0 aromatic heterocycles. The molecule has 0 saturated heterocycles. The molecule has 0 bridgehead atoms. The smallest absolute Gasteiger partial charge is 0.125 e. The van der Waals surface area contributed by atoms with Crippen LogP contribution in [0, 0.1) is 5.82 Å². The molecule has 88 valence electrons. The first kappa shape index (κ1) is 11.4. The first-order chi connectivity index (χ1) is 7.57. The van der Waals surface area contributed by atoms with Gasteiger partial charge in [-0.1, -0.05) is 6.07 Å². The Morgan fingerprint density at radius 2 is 2.38 bits per heavy atom. The Balaban J connectivity index is 1.92.